The Bertz CT molecular complexity index is 728. The Morgan fingerprint density at radius 3 is 2.90 bits per heavy atom. The molecule has 0 spiro atoms. The third kappa shape index (κ3) is 2.96. The van der Waals surface area contributed by atoms with Crippen LogP contribution < -0.4 is 5.56 Å². The molecule has 106 valence electrons. The summed E-state index contributed by atoms with van der Waals surface area (Å²) in [5, 5.41) is 0.619. The third-order valence-electron chi connectivity index (χ3n) is 2.93. The van der Waals surface area contributed by atoms with Gasteiger partial charge in [-0.05, 0) is 25.8 Å². The maximum absolute atomic E-state index is 12.0. The summed E-state index contributed by atoms with van der Waals surface area (Å²) in [7, 11) is 0. The van der Waals surface area contributed by atoms with Crippen LogP contribution >= 0.6 is 11.3 Å². The summed E-state index contributed by atoms with van der Waals surface area (Å²) in [5.41, 5.74) is 0.764. The fraction of sp³-hybridized carbons (Fsp3) is 0.357. The zero-order valence-corrected chi connectivity index (χ0v) is 12.5. The van der Waals surface area contributed by atoms with E-state index in [0.717, 1.165) is 16.9 Å². The molecule has 2 rings (SSSR count). The smallest absolute Gasteiger partial charge is 0.330 e. The van der Waals surface area contributed by atoms with Crippen molar-refractivity contribution in [2.24, 2.45) is 0 Å². The van der Waals surface area contributed by atoms with E-state index in [4.69, 9.17) is 4.74 Å². The van der Waals surface area contributed by atoms with Crippen LogP contribution in [0.25, 0.3) is 10.2 Å². The summed E-state index contributed by atoms with van der Waals surface area (Å²) < 4.78 is 5.02. The van der Waals surface area contributed by atoms with E-state index in [1.165, 1.54) is 17.4 Å². The number of allylic oxidation sites excluding steroid dienone is 1. The lowest BCUT2D eigenvalue weighted by atomic mass is 10.2. The van der Waals surface area contributed by atoms with Gasteiger partial charge in [-0.2, -0.15) is 0 Å². The van der Waals surface area contributed by atoms with Gasteiger partial charge in [-0.25, -0.2) is 9.78 Å². The molecular weight excluding hydrogens is 276 g/mol. The van der Waals surface area contributed by atoms with E-state index in [0.29, 0.717) is 16.0 Å². The van der Waals surface area contributed by atoms with Crippen molar-refractivity contribution in [1.82, 2.24) is 9.97 Å². The largest absolute Gasteiger partial charge is 0.454 e. The Kier molecular flexibility index (Phi) is 4.34. The van der Waals surface area contributed by atoms with E-state index >= 15 is 0 Å². The first-order valence-electron chi connectivity index (χ1n) is 6.35. The van der Waals surface area contributed by atoms with Gasteiger partial charge in [0.15, 0.2) is 0 Å². The molecule has 1 N–H and O–H groups in total. The van der Waals surface area contributed by atoms with Crippen molar-refractivity contribution >= 4 is 27.5 Å². The van der Waals surface area contributed by atoms with Crippen LogP contribution in [-0.2, 0) is 16.1 Å². The van der Waals surface area contributed by atoms with Crippen molar-refractivity contribution in [2.45, 2.75) is 33.8 Å². The van der Waals surface area contributed by atoms with Crippen molar-refractivity contribution < 1.29 is 9.53 Å². The molecule has 0 aliphatic heterocycles. The average molecular weight is 292 g/mol. The second kappa shape index (κ2) is 6.00. The first kappa shape index (κ1) is 14.5. The number of hydrogen-bond acceptors (Lipinski definition) is 5. The van der Waals surface area contributed by atoms with Crippen molar-refractivity contribution in [1.29, 1.82) is 0 Å². The standard InChI is InChI=1S/C14H16N2O3S/c1-4-5-6-11(17)19-7-10-15-13(18)12-8(2)9(3)20-14(12)16-10/h5-6H,4,7H2,1-3H3,(H,15,16,18)/b6-5+. The zero-order chi connectivity index (χ0) is 14.7. The molecule has 0 aliphatic rings. The van der Waals surface area contributed by atoms with Gasteiger partial charge < -0.3 is 9.72 Å². The average Bonchev–Trinajstić information content (AvgIpc) is 2.69. The van der Waals surface area contributed by atoms with E-state index in [1.54, 1.807) is 6.08 Å². The van der Waals surface area contributed by atoms with Crippen LogP contribution in [-0.4, -0.2) is 15.9 Å². The number of rotatable bonds is 4. The van der Waals surface area contributed by atoms with Crippen molar-refractivity contribution in [3.63, 3.8) is 0 Å². The van der Waals surface area contributed by atoms with Gasteiger partial charge in [0.25, 0.3) is 5.56 Å². The molecule has 2 aromatic rings. The summed E-state index contributed by atoms with van der Waals surface area (Å²) in [6, 6.07) is 0. The number of carbonyl (C=O) groups excluding carboxylic acids is 1. The van der Waals surface area contributed by atoms with Crippen LogP contribution in [0.5, 0.6) is 0 Å². The number of fused-ring (bicyclic) bond motifs is 1. The lowest BCUT2D eigenvalue weighted by Gasteiger charge is -2.01. The zero-order valence-electron chi connectivity index (χ0n) is 11.6. The van der Waals surface area contributed by atoms with E-state index in [2.05, 4.69) is 9.97 Å². The number of H-pyrrole nitrogens is 1. The summed E-state index contributed by atoms with van der Waals surface area (Å²) in [4.78, 5) is 32.1. The maximum atomic E-state index is 12.0. The van der Waals surface area contributed by atoms with Crippen LogP contribution in [0.4, 0.5) is 0 Å². The number of aromatic amines is 1. The molecule has 20 heavy (non-hydrogen) atoms. The highest BCUT2D eigenvalue weighted by Crippen LogP contribution is 2.25. The first-order chi connectivity index (χ1) is 9.52. The SMILES string of the molecule is CC/C=C/C(=O)OCc1nc2sc(C)c(C)c2c(=O)[nH]1. The number of aryl methyl sites for hydroxylation is 2. The topological polar surface area (TPSA) is 72.0 Å². The van der Waals surface area contributed by atoms with Crippen molar-refractivity contribution in [2.75, 3.05) is 0 Å². The van der Waals surface area contributed by atoms with Crippen LogP contribution in [0.1, 0.15) is 29.6 Å². The number of aromatic nitrogens is 2. The highest BCUT2D eigenvalue weighted by Gasteiger charge is 2.12. The first-order valence-corrected chi connectivity index (χ1v) is 7.16. The molecule has 0 fully saturated rings. The van der Waals surface area contributed by atoms with Gasteiger partial charge in [0.2, 0.25) is 0 Å². The quantitative estimate of drug-likeness (QED) is 0.694. The molecule has 0 aromatic carbocycles. The van der Waals surface area contributed by atoms with Crippen LogP contribution in [0.15, 0.2) is 16.9 Å². The van der Waals surface area contributed by atoms with Crippen LogP contribution in [0.3, 0.4) is 0 Å². The summed E-state index contributed by atoms with van der Waals surface area (Å²) >= 11 is 1.47. The van der Waals surface area contributed by atoms with Gasteiger partial charge in [-0.1, -0.05) is 13.0 Å². The maximum Gasteiger partial charge on any atom is 0.330 e. The number of carbonyl (C=O) groups is 1. The molecule has 0 saturated heterocycles. The predicted octanol–water partition coefficient (Wildman–Crippen LogP) is 2.61. The Morgan fingerprint density at radius 2 is 2.20 bits per heavy atom. The fourth-order valence-electron chi connectivity index (χ4n) is 1.77. The van der Waals surface area contributed by atoms with Crippen molar-refractivity contribution in [3.8, 4) is 0 Å². The minimum atomic E-state index is -0.437. The number of nitrogens with zero attached hydrogens (tertiary/aromatic N) is 1. The molecule has 6 heteroatoms. The minimum Gasteiger partial charge on any atom is -0.454 e. The Balaban J connectivity index is 2.22. The van der Waals surface area contributed by atoms with Gasteiger partial charge >= 0.3 is 5.97 Å². The highest BCUT2D eigenvalue weighted by atomic mass is 32.1. The van der Waals surface area contributed by atoms with E-state index in [1.807, 2.05) is 20.8 Å². The molecule has 0 amide bonds. The lowest BCUT2D eigenvalue weighted by Crippen LogP contribution is -2.13. The molecule has 0 radical (unpaired) electrons. The molecular formula is C14H16N2O3S. The van der Waals surface area contributed by atoms with E-state index in [9.17, 15) is 9.59 Å². The highest BCUT2D eigenvalue weighted by molar-refractivity contribution is 7.18. The minimum absolute atomic E-state index is 0.0337. The molecule has 5 nitrogen and oxygen atoms in total. The number of esters is 1. The van der Waals surface area contributed by atoms with Crippen molar-refractivity contribution in [3.05, 3.63) is 38.8 Å². The molecule has 0 bridgehead atoms. The molecule has 2 heterocycles. The Hall–Kier alpha value is -1.95. The summed E-state index contributed by atoms with van der Waals surface area (Å²) in [5.74, 6) is -0.0739. The molecule has 2 aromatic heterocycles. The molecule has 0 unspecified atom stereocenters. The second-order valence-electron chi connectivity index (χ2n) is 4.39. The lowest BCUT2D eigenvalue weighted by molar-refractivity contribution is -0.139. The number of hydrogen-bond donors (Lipinski definition) is 1. The van der Waals surface area contributed by atoms with Gasteiger partial charge in [0.1, 0.15) is 17.3 Å². The van der Waals surface area contributed by atoms with Gasteiger partial charge in [0, 0.05) is 11.0 Å². The number of nitrogens with one attached hydrogen (secondary N) is 1. The molecule has 0 saturated carbocycles. The Labute approximate surface area is 120 Å². The number of thiophene rings is 1. The Morgan fingerprint density at radius 1 is 1.45 bits per heavy atom. The van der Waals surface area contributed by atoms with E-state index in [-0.39, 0.29) is 12.2 Å². The molecule has 0 atom stereocenters. The third-order valence-corrected chi connectivity index (χ3v) is 4.03. The fourth-order valence-corrected chi connectivity index (χ4v) is 2.82. The van der Waals surface area contributed by atoms with E-state index < -0.39 is 5.97 Å². The number of ether oxygens (including phenoxy) is 1. The van der Waals surface area contributed by atoms with Gasteiger partial charge in [-0.3, -0.25) is 4.79 Å². The van der Waals surface area contributed by atoms with Crippen LogP contribution in [0.2, 0.25) is 0 Å². The van der Waals surface area contributed by atoms with Gasteiger partial charge in [0.05, 0.1) is 5.39 Å². The molecule has 0 aliphatic carbocycles. The summed E-state index contributed by atoms with van der Waals surface area (Å²) in [6.45, 7) is 5.75. The van der Waals surface area contributed by atoms with Crippen LogP contribution in [0, 0.1) is 13.8 Å². The summed E-state index contributed by atoms with van der Waals surface area (Å²) in [6.07, 6.45) is 3.85. The normalized spacial score (nSPS) is 11.3. The monoisotopic (exact) mass is 292 g/mol. The second-order valence-corrected chi connectivity index (χ2v) is 5.60. The van der Waals surface area contributed by atoms with Gasteiger partial charge in [-0.15, -0.1) is 11.3 Å². The predicted molar refractivity (Wildman–Crippen MR) is 78.9 cm³/mol.